The van der Waals surface area contributed by atoms with Gasteiger partial charge in [-0.05, 0) is 52.8 Å². The van der Waals surface area contributed by atoms with E-state index >= 15 is 0 Å². The van der Waals surface area contributed by atoms with Crippen molar-refractivity contribution >= 4 is 28.8 Å². The molecule has 178 valence electrons. The zero-order valence-electron chi connectivity index (χ0n) is 20.1. The molecule has 5 nitrogen and oxygen atoms in total. The number of thiophene rings is 1. The number of amides is 2. The molecular weight excluding hydrogens is 456 g/mol. The number of carbonyl (C=O) groups is 2. The standard InChI is InChI=1S/C29H28N2O3S/c1-29(2,3)22-11-9-19(10-12-22)27(32)30-23-7-4-6-20(16-23)25-17-21-18-31(14-13-24(21)34-25)28(33)26-8-5-15-35-26/h4-12,15-17H,13-14,18H2,1-3H3,(H,30,32). The van der Waals surface area contributed by atoms with Crippen LogP contribution in [0.5, 0.6) is 0 Å². The fourth-order valence-electron chi connectivity index (χ4n) is 4.28. The first-order valence-electron chi connectivity index (χ1n) is 11.7. The summed E-state index contributed by atoms with van der Waals surface area (Å²) in [6.07, 6.45) is 0.688. The number of anilines is 1. The lowest BCUT2D eigenvalue weighted by molar-refractivity contribution is 0.0734. The van der Waals surface area contributed by atoms with Gasteiger partial charge in [0.25, 0.3) is 11.8 Å². The van der Waals surface area contributed by atoms with Gasteiger partial charge in [0, 0.05) is 41.9 Å². The summed E-state index contributed by atoms with van der Waals surface area (Å²) in [4.78, 5) is 28.2. The number of nitrogens with zero attached hydrogens (tertiary/aromatic N) is 1. The number of nitrogens with one attached hydrogen (secondary N) is 1. The summed E-state index contributed by atoms with van der Waals surface area (Å²) in [6, 6.07) is 21.2. The van der Waals surface area contributed by atoms with Crippen molar-refractivity contribution in [3.05, 3.63) is 99.4 Å². The molecule has 0 unspecified atom stereocenters. The van der Waals surface area contributed by atoms with E-state index in [0.29, 0.717) is 30.8 Å². The first kappa shape index (κ1) is 23.1. The Labute approximate surface area is 209 Å². The number of hydrogen-bond acceptors (Lipinski definition) is 4. The van der Waals surface area contributed by atoms with Gasteiger partial charge in [0.1, 0.15) is 11.5 Å². The van der Waals surface area contributed by atoms with Crippen LogP contribution in [0.25, 0.3) is 11.3 Å². The van der Waals surface area contributed by atoms with E-state index in [9.17, 15) is 9.59 Å². The van der Waals surface area contributed by atoms with Crippen LogP contribution in [-0.2, 0) is 18.4 Å². The number of fused-ring (bicyclic) bond motifs is 1. The smallest absolute Gasteiger partial charge is 0.264 e. The van der Waals surface area contributed by atoms with Gasteiger partial charge in [0.05, 0.1) is 4.88 Å². The van der Waals surface area contributed by atoms with Gasteiger partial charge in [-0.3, -0.25) is 9.59 Å². The van der Waals surface area contributed by atoms with Crippen LogP contribution in [0.3, 0.4) is 0 Å². The molecule has 0 radical (unpaired) electrons. The van der Waals surface area contributed by atoms with E-state index in [4.69, 9.17) is 4.42 Å². The molecule has 4 aromatic rings. The van der Waals surface area contributed by atoms with Crippen molar-refractivity contribution in [3.8, 4) is 11.3 Å². The lowest BCUT2D eigenvalue weighted by Crippen LogP contribution is -2.35. The highest BCUT2D eigenvalue weighted by Crippen LogP contribution is 2.32. The van der Waals surface area contributed by atoms with Crippen molar-refractivity contribution in [1.82, 2.24) is 4.90 Å². The second-order valence-corrected chi connectivity index (χ2v) is 10.8. The van der Waals surface area contributed by atoms with Crippen LogP contribution in [-0.4, -0.2) is 23.3 Å². The molecule has 1 N–H and O–H groups in total. The van der Waals surface area contributed by atoms with Crippen LogP contribution in [0, 0.1) is 0 Å². The highest BCUT2D eigenvalue weighted by Gasteiger charge is 2.25. The Balaban J connectivity index is 1.30. The summed E-state index contributed by atoms with van der Waals surface area (Å²) in [7, 11) is 0. The molecule has 5 rings (SSSR count). The molecule has 0 bridgehead atoms. The number of furan rings is 1. The maximum atomic E-state index is 12.8. The Bertz CT molecular complexity index is 1360. The van der Waals surface area contributed by atoms with Crippen LogP contribution >= 0.6 is 11.3 Å². The SMILES string of the molecule is CC(C)(C)c1ccc(C(=O)Nc2cccc(-c3cc4c(o3)CCN(C(=O)c3cccs3)C4)c2)cc1. The van der Waals surface area contributed by atoms with E-state index in [1.54, 1.807) is 0 Å². The molecule has 0 saturated heterocycles. The lowest BCUT2D eigenvalue weighted by atomic mass is 9.87. The van der Waals surface area contributed by atoms with Crippen molar-refractivity contribution in [2.45, 2.75) is 39.2 Å². The van der Waals surface area contributed by atoms with E-state index in [0.717, 1.165) is 27.5 Å². The van der Waals surface area contributed by atoms with Crippen LogP contribution < -0.4 is 5.32 Å². The van der Waals surface area contributed by atoms with Gasteiger partial charge in [-0.2, -0.15) is 0 Å². The average molecular weight is 485 g/mol. The first-order valence-corrected chi connectivity index (χ1v) is 12.6. The molecule has 1 aliphatic rings. The summed E-state index contributed by atoms with van der Waals surface area (Å²) < 4.78 is 6.15. The molecule has 3 heterocycles. The minimum Gasteiger partial charge on any atom is -0.461 e. The topological polar surface area (TPSA) is 62.6 Å². The third-order valence-corrected chi connectivity index (χ3v) is 7.16. The number of rotatable bonds is 4. The largest absolute Gasteiger partial charge is 0.461 e. The molecule has 2 amide bonds. The van der Waals surface area contributed by atoms with Crippen molar-refractivity contribution in [2.24, 2.45) is 0 Å². The summed E-state index contributed by atoms with van der Waals surface area (Å²) >= 11 is 1.47. The Morgan fingerprint density at radius 2 is 1.80 bits per heavy atom. The molecule has 0 atom stereocenters. The van der Waals surface area contributed by atoms with Crippen molar-refractivity contribution in [1.29, 1.82) is 0 Å². The Kier molecular flexibility index (Phi) is 6.07. The molecule has 0 saturated carbocycles. The maximum absolute atomic E-state index is 12.8. The first-order chi connectivity index (χ1) is 16.8. The monoisotopic (exact) mass is 484 g/mol. The Morgan fingerprint density at radius 1 is 1.00 bits per heavy atom. The lowest BCUT2D eigenvalue weighted by Gasteiger charge is -2.25. The van der Waals surface area contributed by atoms with Gasteiger partial charge in [-0.1, -0.05) is 51.1 Å². The molecular formula is C29H28N2O3S. The highest BCUT2D eigenvalue weighted by molar-refractivity contribution is 7.12. The molecule has 0 spiro atoms. The maximum Gasteiger partial charge on any atom is 0.264 e. The third-order valence-electron chi connectivity index (χ3n) is 6.30. The molecule has 1 aliphatic heterocycles. The van der Waals surface area contributed by atoms with Crippen LogP contribution in [0.4, 0.5) is 5.69 Å². The highest BCUT2D eigenvalue weighted by atomic mass is 32.1. The molecule has 0 fully saturated rings. The zero-order chi connectivity index (χ0) is 24.6. The zero-order valence-corrected chi connectivity index (χ0v) is 20.9. The van der Waals surface area contributed by atoms with Gasteiger partial charge in [0.15, 0.2) is 0 Å². The van der Waals surface area contributed by atoms with Crippen molar-refractivity contribution in [2.75, 3.05) is 11.9 Å². The van der Waals surface area contributed by atoms with Gasteiger partial charge >= 0.3 is 0 Å². The summed E-state index contributed by atoms with van der Waals surface area (Å²) in [5.74, 6) is 1.58. The van der Waals surface area contributed by atoms with Crippen LogP contribution in [0.15, 0.2) is 76.5 Å². The number of carbonyl (C=O) groups excluding carboxylic acids is 2. The average Bonchev–Trinajstić information content (AvgIpc) is 3.53. The second-order valence-electron chi connectivity index (χ2n) is 9.88. The number of hydrogen-bond donors (Lipinski definition) is 1. The van der Waals surface area contributed by atoms with E-state index in [-0.39, 0.29) is 17.2 Å². The van der Waals surface area contributed by atoms with E-state index in [1.807, 2.05) is 77.0 Å². The summed E-state index contributed by atoms with van der Waals surface area (Å²) in [5, 5.41) is 4.92. The van der Waals surface area contributed by atoms with Crippen molar-refractivity contribution in [3.63, 3.8) is 0 Å². The quantitative estimate of drug-likeness (QED) is 0.348. The van der Waals surface area contributed by atoms with Crippen LogP contribution in [0.1, 0.15) is 57.7 Å². The van der Waals surface area contributed by atoms with E-state index in [2.05, 4.69) is 26.1 Å². The predicted octanol–water partition coefficient (Wildman–Crippen LogP) is 6.76. The molecule has 35 heavy (non-hydrogen) atoms. The van der Waals surface area contributed by atoms with Gasteiger partial charge < -0.3 is 14.6 Å². The molecule has 0 aliphatic carbocycles. The fourth-order valence-corrected chi connectivity index (χ4v) is 4.97. The van der Waals surface area contributed by atoms with Gasteiger partial charge in [-0.25, -0.2) is 0 Å². The van der Waals surface area contributed by atoms with Crippen LogP contribution in [0.2, 0.25) is 0 Å². The summed E-state index contributed by atoms with van der Waals surface area (Å²) in [5.41, 5.74) is 4.47. The second kappa shape index (κ2) is 9.19. The summed E-state index contributed by atoms with van der Waals surface area (Å²) in [6.45, 7) is 7.63. The Hall–Kier alpha value is -3.64. The normalized spacial score (nSPS) is 13.4. The minimum atomic E-state index is -0.149. The van der Waals surface area contributed by atoms with Gasteiger partial charge in [-0.15, -0.1) is 11.3 Å². The Morgan fingerprint density at radius 3 is 2.51 bits per heavy atom. The van der Waals surface area contributed by atoms with E-state index in [1.165, 1.54) is 16.9 Å². The third kappa shape index (κ3) is 4.93. The molecule has 6 heteroatoms. The van der Waals surface area contributed by atoms with Crippen molar-refractivity contribution < 1.29 is 14.0 Å². The number of benzene rings is 2. The predicted molar refractivity (Wildman–Crippen MR) is 140 cm³/mol. The van der Waals surface area contributed by atoms with Gasteiger partial charge in [0.2, 0.25) is 0 Å². The minimum absolute atomic E-state index is 0.0415. The molecule has 2 aromatic carbocycles. The fraction of sp³-hybridized carbons (Fsp3) is 0.241. The van der Waals surface area contributed by atoms with E-state index < -0.39 is 0 Å². The molecule has 2 aromatic heterocycles.